The van der Waals surface area contributed by atoms with E-state index >= 15 is 17.6 Å². The molecule has 2 aliphatic heterocycles. The van der Waals surface area contributed by atoms with Gasteiger partial charge in [-0.05, 0) is 30.5 Å². The Morgan fingerprint density at radius 1 is 0.357 bits per heavy atom. The first-order valence-electron chi connectivity index (χ1n) is 17.5. The maximum Gasteiger partial charge on any atom is 0.460 e. The van der Waals surface area contributed by atoms with Crippen LogP contribution < -0.4 is 0 Å². The first-order chi connectivity index (χ1) is 30.6. The van der Waals surface area contributed by atoms with Crippen LogP contribution in [0.1, 0.15) is 35.1 Å². The first-order valence-corrected chi connectivity index (χ1v) is 17.5. The van der Waals surface area contributed by atoms with Gasteiger partial charge in [0.25, 0.3) is 0 Å². The predicted molar refractivity (Wildman–Crippen MR) is 159 cm³/mol. The number of halogens is 34. The SMILES string of the molecule is FC(F)(F)C(F)(F)C(F)(F)C(F)(F)C(F)(F)C(F)(F)C(F)(F)C(F)(F)c1ccc(C2(c3ccc(C(F)(F)C(F)(F)C(F)(F)C(F)(F)C(F)(F)C(F)(F)C(F)(F)C(F)(F)F)cc3)O[B]N3CCC[C@H]32)cc1. The Labute approximate surface area is 364 Å². The van der Waals surface area contributed by atoms with E-state index in [1.807, 2.05) is 0 Å². The quantitative estimate of drug-likeness (QED) is 0.123. The van der Waals surface area contributed by atoms with Gasteiger partial charge in [0.2, 0.25) is 0 Å². The van der Waals surface area contributed by atoms with Gasteiger partial charge in [-0.1, -0.05) is 48.5 Å². The molecule has 2 heterocycles. The third-order valence-electron chi connectivity index (χ3n) is 10.9. The van der Waals surface area contributed by atoms with Gasteiger partial charge in [-0.15, -0.1) is 0 Å². The fraction of sp³-hybridized carbons (Fsp3) is 0.636. The van der Waals surface area contributed by atoms with Crippen molar-refractivity contribution in [3.8, 4) is 0 Å². The molecule has 0 saturated carbocycles. The molecule has 0 aromatic heterocycles. The highest BCUT2D eigenvalue weighted by Gasteiger charge is 2.97. The molecular formula is C33H15BF34NO. The van der Waals surface area contributed by atoms with E-state index in [0.717, 1.165) is 4.81 Å². The summed E-state index contributed by atoms with van der Waals surface area (Å²) in [6.45, 7) is -0.152. The van der Waals surface area contributed by atoms with Crippen LogP contribution in [0.15, 0.2) is 48.5 Å². The van der Waals surface area contributed by atoms with Gasteiger partial charge in [0, 0.05) is 17.2 Å². The minimum absolute atomic E-state index is 0.0131. The van der Waals surface area contributed by atoms with Crippen molar-refractivity contribution in [2.75, 3.05) is 6.54 Å². The molecule has 2 aromatic carbocycles. The second-order valence-corrected chi connectivity index (χ2v) is 15.0. The summed E-state index contributed by atoms with van der Waals surface area (Å²) in [7, 11) is 0.646. The minimum Gasteiger partial charge on any atom is -0.409 e. The van der Waals surface area contributed by atoms with Gasteiger partial charge in [-0.3, -0.25) is 0 Å². The van der Waals surface area contributed by atoms with Crippen LogP contribution in [0.3, 0.4) is 0 Å². The van der Waals surface area contributed by atoms with Gasteiger partial charge in [0.1, 0.15) is 5.60 Å². The topological polar surface area (TPSA) is 12.5 Å². The summed E-state index contributed by atoms with van der Waals surface area (Å²) in [6.07, 6.45) is -16.4. The summed E-state index contributed by atoms with van der Waals surface area (Å²) in [5, 5.41) is 0. The van der Waals surface area contributed by atoms with Crippen LogP contribution in [0, 0.1) is 0 Å². The van der Waals surface area contributed by atoms with Crippen LogP contribution in [0.2, 0.25) is 0 Å². The smallest absolute Gasteiger partial charge is 0.409 e. The van der Waals surface area contributed by atoms with Crippen LogP contribution in [0.25, 0.3) is 0 Å². The van der Waals surface area contributed by atoms with Crippen molar-refractivity contribution in [3.63, 3.8) is 0 Å². The van der Waals surface area contributed by atoms with Crippen LogP contribution in [-0.4, -0.2) is 108 Å². The van der Waals surface area contributed by atoms with E-state index in [-0.39, 0.29) is 43.7 Å². The highest BCUT2D eigenvalue weighted by atomic mass is 19.4. The Balaban J connectivity index is 1.79. The number of alkyl halides is 34. The molecule has 4 rings (SSSR count). The third kappa shape index (κ3) is 7.20. The Morgan fingerprint density at radius 3 is 0.857 bits per heavy atom. The molecule has 0 aliphatic carbocycles. The molecule has 0 N–H and O–H groups in total. The Kier molecular flexibility index (Phi) is 13.4. The second-order valence-electron chi connectivity index (χ2n) is 15.0. The van der Waals surface area contributed by atoms with Gasteiger partial charge in [0.15, 0.2) is 0 Å². The average Bonchev–Trinajstić information content (AvgIpc) is 3.83. The Bertz CT molecular complexity index is 2090. The fourth-order valence-electron chi connectivity index (χ4n) is 6.81. The van der Waals surface area contributed by atoms with Crippen molar-refractivity contribution in [3.05, 3.63) is 70.8 Å². The Morgan fingerprint density at radius 2 is 0.600 bits per heavy atom. The molecule has 0 spiro atoms. The molecule has 2 saturated heterocycles. The van der Waals surface area contributed by atoms with Crippen molar-refractivity contribution in [2.45, 2.75) is 120 Å². The predicted octanol–water partition coefficient (Wildman–Crippen LogP) is 13.9. The molecule has 0 amide bonds. The number of rotatable bonds is 16. The summed E-state index contributed by atoms with van der Waals surface area (Å²) >= 11 is 0. The van der Waals surface area contributed by atoms with E-state index in [2.05, 4.69) is 0 Å². The van der Waals surface area contributed by atoms with Gasteiger partial charge >= 0.3 is 103 Å². The molecule has 1 atom stereocenters. The lowest BCUT2D eigenvalue weighted by molar-refractivity contribution is -0.462. The van der Waals surface area contributed by atoms with Gasteiger partial charge in [-0.25, -0.2) is 0 Å². The van der Waals surface area contributed by atoms with E-state index < -0.39 is 153 Å². The lowest BCUT2D eigenvalue weighted by atomic mass is 9.78. The number of hydrogen-bond donors (Lipinski definition) is 0. The van der Waals surface area contributed by atoms with E-state index in [0.29, 0.717) is 7.62 Å². The first kappa shape index (κ1) is 58.6. The van der Waals surface area contributed by atoms with Crippen molar-refractivity contribution in [1.82, 2.24) is 4.81 Å². The summed E-state index contributed by atoms with van der Waals surface area (Å²) in [6, 6.07) is -3.74. The van der Waals surface area contributed by atoms with Crippen molar-refractivity contribution < 1.29 is 154 Å². The lowest BCUT2D eigenvalue weighted by Crippen LogP contribution is -2.74. The molecule has 37 heteroatoms. The van der Waals surface area contributed by atoms with Crippen molar-refractivity contribution >= 4 is 7.62 Å². The van der Waals surface area contributed by atoms with E-state index in [4.69, 9.17) is 4.65 Å². The number of nitrogens with zero attached hydrogens (tertiary/aromatic N) is 1. The summed E-state index contributed by atoms with van der Waals surface area (Å²) in [4.78, 5) is 1.06. The highest BCUT2D eigenvalue weighted by molar-refractivity contribution is 6.25. The minimum atomic E-state index is -8.98. The molecule has 2 aliphatic rings. The summed E-state index contributed by atoms with van der Waals surface area (Å²) in [5.74, 6) is -119. The van der Waals surface area contributed by atoms with Gasteiger partial charge < -0.3 is 9.47 Å². The molecular weight excluding hydrogens is 1080 g/mol. The van der Waals surface area contributed by atoms with E-state index in [9.17, 15) is 132 Å². The zero-order valence-corrected chi connectivity index (χ0v) is 32.1. The standard InChI is InChI=1S/C33H15BF34NO/c35-18(36,20(39,40)22(43,44)24(47,48)26(51,52)28(55,56)30(59,60)32(63,64)65)14-7-3-12(4-8-14)17(16-2-1-11-69(16)34-70-17)13-5-9-15(10-6-13)19(37,38)21(41,42)23(45,46)25(49,50)27(53,54)29(57,58)31(61,62)33(66,67)68/h3-10,16H,1-2,11H2/t16-/m0/s1. The number of hydrogen-bond acceptors (Lipinski definition) is 2. The van der Waals surface area contributed by atoms with Crippen molar-refractivity contribution in [2.24, 2.45) is 0 Å². The molecule has 2 nitrogen and oxygen atoms in total. The molecule has 2 aromatic rings. The zero-order chi connectivity index (χ0) is 55.2. The number of benzene rings is 2. The average molecular weight is 1100 g/mol. The maximum atomic E-state index is 15.1. The highest BCUT2D eigenvalue weighted by Crippen LogP contribution is 2.67. The summed E-state index contributed by atoms with van der Waals surface area (Å²) < 4.78 is 477. The zero-order valence-electron chi connectivity index (χ0n) is 32.1. The largest absolute Gasteiger partial charge is 0.460 e. The third-order valence-corrected chi connectivity index (χ3v) is 10.9. The normalized spacial score (nSPS) is 19.7. The lowest BCUT2D eigenvalue weighted by Gasteiger charge is -2.43. The van der Waals surface area contributed by atoms with Crippen molar-refractivity contribution in [1.29, 1.82) is 0 Å². The fourth-order valence-corrected chi connectivity index (χ4v) is 6.81. The number of fused-ring (bicyclic) bond motifs is 1. The van der Waals surface area contributed by atoms with E-state index in [1.165, 1.54) is 0 Å². The van der Waals surface area contributed by atoms with Crippen LogP contribution in [-0.2, 0) is 22.1 Å². The van der Waals surface area contributed by atoms with Crippen LogP contribution in [0.4, 0.5) is 149 Å². The second kappa shape index (κ2) is 16.0. The maximum absolute atomic E-state index is 15.1. The monoisotopic (exact) mass is 1100 g/mol. The van der Waals surface area contributed by atoms with E-state index in [1.54, 1.807) is 0 Å². The molecule has 399 valence electrons. The molecule has 1 radical (unpaired) electrons. The van der Waals surface area contributed by atoms with Gasteiger partial charge in [-0.2, -0.15) is 149 Å². The molecule has 2 fully saturated rings. The van der Waals surface area contributed by atoms with Gasteiger partial charge in [0.05, 0.1) is 0 Å². The summed E-state index contributed by atoms with van der Waals surface area (Å²) in [5.41, 5.74) is -10.1. The molecule has 0 bridgehead atoms. The molecule has 0 unspecified atom stereocenters. The van der Waals surface area contributed by atoms with Crippen LogP contribution >= 0.6 is 0 Å². The Hall–Kier alpha value is -3.96. The molecule has 70 heavy (non-hydrogen) atoms. The van der Waals surface area contributed by atoms with Crippen LogP contribution in [0.5, 0.6) is 0 Å².